The highest BCUT2D eigenvalue weighted by Gasteiger charge is 2.30. The van der Waals surface area contributed by atoms with Crippen molar-refractivity contribution in [3.63, 3.8) is 0 Å². The molecule has 0 aliphatic carbocycles. The third-order valence-electron chi connectivity index (χ3n) is 3.73. The number of benzene rings is 2. The van der Waals surface area contributed by atoms with E-state index in [1.54, 1.807) is 12.1 Å². The Morgan fingerprint density at radius 3 is 2.14 bits per heavy atom. The smallest absolute Gasteiger partial charge is 0.416 e. The maximum absolute atomic E-state index is 12.6. The van der Waals surface area contributed by atoms with Crippen LogP contribution in [0.4, 0.5) is 24.7 Å². The van der Waals surface area contributed by atoms with E-state index in [0.29, 0.717) is 11.4 Å². The topological polar surface area (TPSA) is 97.5 Å². The zero-order valence-corrected chi connectivity index (χ0v) is 14.2. The highest BCUT2D eigenvalue weighted by Crippen LogP contribution is 2.31. The molecule has 4 N–H and O–H groups in total. The van der Waals surface area contributed by atoms with E-state index in [1.165, 1.54) is 36.5 Å². The molecule has 144 valence electrons. The third-order valence-corrected chi connectivity index (χ3v) is 3.73. The summed E-state index contributed by atoms with van der Waals surface area (Å²) >= 11 is 0. The van der Waals surface area contributed by atoms with Crippen molar-refractivity contribution in [1.82, 2.24) is 4.98 Å². The molecular formula is C19H14F3N3O3. The van der Waals surface area contributed by atoms with Gasteiger partial charge in [-0.2, -0.15) is 13.2 Å². The fourth-order valence-electron chi connectivity index (χ4n) is 2.31. The van der Waals surface area contributed by atoms with Crippen LogP contribution in [0.3, 0.4) is 0 Å². The van der Waals surface area contributed by atoms with Gasteiger partial charge in [-0.1, -0.05) is 0 Å². The number of aromatic nitrogens is 1. The Labute approximate surface area is 157 Å². The van der Waals surface area contributed by atoms with Crippen molar-refractivity contribution in [1.29, 1.82) is 0 Å². The largest absolute Gasteiger partial charge is 0.504 e. The third kappa shape index (κ3) is 4.32. The molecule has 0 saturated heterocycles. The molecule has 0 saturated carbocycles. The summed E-state index contributed by atoms with van der Waals surface area (Å²) in [5.74, 6) is -0.547. The summed E-state index contributed by atoms with van der Waals surface area (Å²) in [5.41, 5.74) is 5.08. The van der Waals surface area contributed by atoms with Crippen molar-refractivity contribution >= 4 is 17.4 Å². The molecule has 0 fully saturated rings. The van der Waals surface area contributed by atoms with Gasteiger partial charge >= 0.3 is 6.18 Å². The molecule has 0 aliphatic heterocycles. The van der Waals surface area contributed by atoms with Crippen LogP contribution in [0.25, 0.3) is 0 Å². The number of alkyl halides is 3. The molecule has 0 aliphatic rings. The van der Waals surface area contributed by atoms with E-state index in [-0.39, 0.29) is 17.1 Å². The second kappa shape index (κ2) is 7.47. The maximum atomic E-state index is 12.6. The Hall–Kier alpha value is -3.75. The fraction of sp³-hybridized carbons (Fsp3) is 0.0526. The number of nitrogen functional groups attached to an aromatic ring is 1. The summed E-state index contributed by atoms with van der Waals surface area (Å²) < 4.78 is 43.2. The van der Waals surface area contributed by atoms with Crippen LogP contribution in [0.15, 0.2) is 60.8 Å². The Bertz CT molecular complexity index is 988. The number of nitrogens with two attached hydrogens (primary N) is 1. The van der Waals surface area contributed by atoms with Gasteiger partial charge in [-0.05, 0) is 54.6 Å². The zero-order chi connectivity index (χ0) is 20.3. The van der Waals surface area contributed by atoms with Crippen LogP contribution in [0.2, 0.25) is 0 Å². The van der Waals surface area contributed by atoms with Gasteiger partial charge in [0, 0.05) is 11.9 Å². The van der Waals surface area contributed by atoms with E-state index in [4.69, 9.17) is 10.5 Å². The van der Waals surface area contributed by atoms with Crippen molar-refractivity contribution in [2.75, 3.05) is 11.1 Å². The average molecular weight is 389 g/mol. The Morgan fingerprint density at radius 1 is 1.00 bits per heavy atom. The van der Waals surface area contributed by atoms with Gasteiger partial charge in [0.25, 0.3) is 5.91 Å². The summed E-state index contributed by atoms with van der Waals surface area (Å²) in [5, 5.41) is 12.4. The van der Waals surface area contributed by atoms with Gasteiger partial charge in [-0.25, -0.2) is 4.98 Å². The number of aromatic hydroxyl groups is 1. The van der Waals surface area contributed by atoms with Gasteiger partial charge in [-0.15, -0.1) is 0 Å². The van der Waals surface area contributed by atoms with Crippen molar-refractivity contribution < 1.29 is 27.8 Å². The minimum absolute atomic E-state index is 0.0300. The SMILES string of the molecule is Nc1nccc(C(=O)Nc2ccc(Oc3ccc(C(F)(F)F)cc3)cc2)c1O. The van der Waals surface area contributed by atoms with Crippen LogP contribution in [0, 0.1) is 0 Å². The molecule has 1 aromatic heterocycles. The van der Waals surface area contributed by atoms with Gasteiger partial charge in [0.1, 0.15) is 11.5 Å². The van der Waals surface area contributed by atoms with Gasteiger partial charge in [-0.3, -0.25) is 4.79 Å². The van der Waals surface area contributed by atoms with Crippen molar-refractivity contribution in [3.05, 3.63) is 71.9 Å². The lowest BCUT2D eigenvalue weighted by Gasteiger charge is -2.10. The minimum Gasteiger partial charge on any atom is -0.504 e. The van der Waals surface area contributed by atoms with Crippen LogP contribution in [0.5, 0.6) is 17.2 Å². The number of pyridine rings is 1. The molecule has 0 spiro atoms. The number of carbonyl (C=O) groups excluding carboxylic acids is 1. The number of ether oxygens (including phenoxy) is 1. The highest BCUT2D eigenvalue weighted by atomic mass is 19.4. The molecule has 2 aromatic carbocycles. The van der Waals surface area contributed by atoms with E-state index in [0.717, 1.165) is 12.1 Å². The molecular weight excluding hydrogens is 375 g/mol. The van der Waals surface area contributed by atoms with Crippen molar-refractivity contribution in [3.8, 4) is 17.2 Å². The Morgan fingerprint density at radius 2 is 1.57 bits per heavy atom. The van der Waals surface area contributed by atoms with Crippen molar-refractivity contribution in [2.24, 2.45) is 0 Å². The molecule has 6 nitrogen and oxygen atoms in total. The van der Waals surface area contributed by atoms with Gasteiger partial charge < -0.3 is 20.9 Å². The van der Waals surface area contributed by atoms with E-state index < -0.39 is 23.4 Å². The number of carbonyl (C=O) groups is 1. The van der Waals surface area contributed by atoms with Crippen LogP contribution in [0.1, 0.15) is 15.9 Å². The number of nitrogens with zero attached hydrogens (tertiary/aromatic N) is 1. The predicted octanol–water partition coefficient (Wildman–Crippen LogP) is 4.43. The van der Waals surface area contributed by atoms with Crippen LogP contribution in [-0.4, -0.2) is 16.0 Å². The molecule has 0 bridgehead atoms. The molecule has 28 heavy (non-hydrogen) atoms. The highest BCUT2D eigenvalue weighted by molar-refractivity contribution is 6.06. The number of hydrogen-bond acceptors (Lipinski definition) is 5. The van der Waals surface area contributed by atoms with E-state index in [2.05, 4.69) is 10.3 Å². The number of hydrogen-bond donors (Lipinski definition) is 3. The van der Waals surface area contributed by atoms with E-state index in [1.807, 2.05) is 0 Å². The standard InChI is InChI=1S/C19H14F3N3O3/c20-19(21,22)11-1-5-13(6-2-11)28-14-7-3-12(4-8-14)25-18(27)15-9-10-24-17(23)16(15)26/h1-10,26H,(H2,23,24)(H,25,27). The number of amides is 1. The lowest BCUT2D eigenvalue weighted by atomic mass is 10.2. The van der Waals surface area contributed by atoms with Gasteiger partial charge in [0.2, 0.25) is 0 Å². The molecule has 1 amide bonds. The van der Waals surface area contributed by atoms with Gasteiger partial charge in [0.05, 0.1) is 11.1 Å². The van der Waals surface area contributed by atoms with Crippen LogP contribution in [-0.2, 0) is 6.18 Å². The summed E-state index contributed by atoms with van der Waals surface area (Å²) in [6.07, 6.45) is -3.11. The normalized spacial score (nSPS) is 11.1. The first-order valence-corrected chi connectivity index (χ1v) is 7.94. The molecule has 0 radical (unpaired) electrons. The summed E-state index contributed by atoms with van der Waals surface area (Å²) in [4.78, 5) is 15.9. The molecule has 1 heterocycles. The number of nitrogens with one attached hydrogen (secondary N) is 1. The van der Waals surface area contributed by atoms with Crippen LogP contribution >= 0.6 is 0 Å². The van der Waals surface area contributed by atoms with Gasteiger partial charge in [0.15, 0.2) is 11.6 Å². The van der Waals surface area contributed by atoms with E-state index in [9.17, 15) is 23.1 Å². The van der Waals surface area contributed by atoms with E-state index >= 15 is 0 Å². The first kappa shape index (κ1) is 19.0. The summed E-state index contributed by atoms with van der Waals surface area (Å²) in [6, 6.07) is 11.8. The number of rotatable bonds is 4. The second-order valence-corrected chi connectivity index (χ2v) is 5.70. The monoisotopic (exact) mass is 389 g/mol. The number of anilines is 2. The predicted molar refractivity (Wildman–Crippen MR) is 96.2 cm³/mol. The quantitative estimate of drug-likeness (QED) is 0.613. The van der Waals surface area contributed by atoms with Crippen LogP contribution < -0.4 is 15.8 Å². The number of halogens is 3. The summed E-state index contributed by atoms with van der Waals surface area (Å²) in [6.45, 7) is 0. The van der Waals surface area contributed by atoms with Crippen molar-refractivity contribution in [2.45, 2.75) is 6.18 Å². The molecule has 0 atom stereocenters. The fourth-order valence-corrected chi connectivity index (χ4v) is 2.31. The molecule has 3 aromatic rings. The first-order chi connectivity index (χ1) is 13.2. The molecule has 9 heteroatoms. The lowest BCUT2D eigenvalue weighted by Crippen LogP contribution is -2.12. The summed E-state index contributed by atoms with van der Waals surface area (Å²) in [7, 11) is 0. The zero-order valence-electron chi connectivity index (χ0n) is 14.2. The minimum atomic E-state index is -4.41. The second-order valence-electron chi connectivity index (χ2n) is 5.70. The maximum Gasteiger partial charge on any atom is 0.416 e. The first-order valence-electron chi connectivity index (χ1n) is 7.94. The average Bonchev–Trinajstić information content (AvgIpc) is 2.65. The Balaban J connectivity index is 1.66. The lowest BCUT2D eigenvalue weighted by molar-refractivity contribution is -0.137. The Kier molecular flexibility index (Phi) is 5.08. The molecule has 3 rings (SSSR count). The molecule has 0 unspecified atom stereocenters.